The Bertz CT molecular complexity index is 861. The van der Waals surface area contributed by atoms with Crippen LogP contribution in [0.2, 0.25) is 0 Å². The quantitative estimate of drug-likeness (QED) is 0.586. The summed E-state index contributed by atoms with van der Waals surface area (Å²) in [7, 11) is 7.59. The first-order valence-corrected chi connectivity index (χ1v) is 7.66. The Balaban J connectivity index is 2.41. The molecular formula is C20H20O6. The highest BCUT2D eigenvalue weighted by Gasteiger charge is 2.13. The average Bonchev–Trinajstić information content (AvgIpc) is 2.70. The molecule has 2 rings (SSSR count). The van der Waals surface area contributed by atoms with Crippen molar-refractivity contribution in [2.45, 2.75) is 0 Å². The molecule has 0 saturated carbocycles. The van der Waals surface area contributed by atoms with Crippen molar-refractivity contribution in [2.75, 3.05) is 35.5 Å². The summed E-state index contributed by atoms with van der Waals surface area (Å²) in [5.74, 6) is 7.50. The molecule has 0 atom stereocenters. The number of hydrogen-bond acceptors (Lipinski definition) is 6. The van der Waals surface area contributed by atoms with Crippen LogP contribution < -0.4 is 23.7 Å². The molecule has 0 spiro atoms. The van der Waals surface area contributed by atoms with E-state index in [0.29, 0.717) is 39.9 Å². The van der Waals surface area contributed by atoms with Gasteiger partial charge in [-0.25, -0.2) is 0 Å². The summed E-state index contributed by atoms with van der Waals surface area (Å²) in [5, 5.41) is 0. The second-order valence-electron chi connectivity index (χ2n) is 5.05. The number of rotatable bonds is 6. The molecule has 0 radical (unpaired) electrons. The van der Waals surface area contributed by atoms with Crippen LogP contribution in [-0.4, -0.2) is 41.3 Å². The fraction of sp³-hybridized carbons (Fsp3) is 0.250. The summed E-state index contributed by atoms with van der Waals surface area (Å²) in [6.07, 6.45) is 0. The molecule has 6 heteroatoms. The fourth-order valence-electron chi connectivity index (χ4n) is 2.30. The molecule has 0 unspecified atom stereocenters. The van der Waals surface area contributed by atoms with Gasteiger partial charge >= 0.3 is 0 Å². The topological polar surface area (TPSA) is 63.2 Å². The zero-order valence-electron chi connectivity index (χ0n) is 15.3. The molecule has 0 fully saturated rings. The minimum atomic E-state index is -0.388. The van der Waals surface area contributed by atoms with E-state index >= 15 is 0 Å². The van der Waals surface area contributed by atoms with Gasteiger partial charge in [-0.1, -0.05) is 5.92 Å². The van der Waals surface area contributed by atoms with Crippen molar-refractivity contribution < 1.29 is 28.5 Å². The summed E-state index contributed by atoms with van der Waals surface area (Å²) in [4.78, 5) is 12.5. The van der Waals surface area contributed by atoms with E-state index in [9.17, 15) is 4.79 Å². The van der Waals surface area contributed by atoms with E-state index in [4.69, 9.17) is 23.7 Å². The molecule has 0 aromatic heterocycles. The Labute approximate surface area is 152 Å². The Hall–Kier alpha value is -3.33. The van der Waals surface area contributed by atoms with E-state index in [1.165, 1.54) is 28.4 Å². The highest BCUT2D eigenvalue weighted by Crippen LogP contribution is 2.34. The van der Waals surface area contributed by atoms with Gasteiger partial charge < -0.3 is 23.7 Å². The largest absolute Gasteiger partial charge is 0.497 e. The molecule has 0 amide bonds. The van der Waals surface area contributed by atoms with Gasteiger partial charge in [-0.05, 0) is 18.1 Å². The summed E-state index contributed by atoms with van der Waals surface area (Å²) in [6.45, 7) is 0. The van der Waals surface area contributed by atoms with Crippen LogP contribution in [0.4, 0.5) is 0 Å². The monoisotopic (exact) mass is 356 g/mol. The maximum Gasteiger partial charge on any atom is 0.239 e. The van der Waals surface area contributed by atoms with Crippen molar-refractivity contribution >= 4 is 5.78 Å². The number of carbonyl (C=O) groups is 1. The Morgan fingerprint density at radius 2 is 1.35 bits per heavy atom. The zero-order valence-corrected chi connectivity index (χ0v) is 15.3. The molecule has 0 bridgehead atoms. The van der Waals surface area contributed by atoms with E-state index in [1.807, 2.05) is 0 Å². The van der Waals surface area contributed by atoms with Crippen LogP contribution in [0, 0.1) is 11.8 Å². The van der Waals surface area contributed by atoms with Gasteiger partial charge in [-0.3, -0.25) is 4.79 Å². The first kappa shape index (κ1) is 19.0. The molecule has 0 N–H and O–H groups in total. The lowest BCUT2D eigenvalue weighted by molar-refractivity contribution is 0.105. The lowest BCUT2D eigenvalue weighted by atomic mass is 10.1. The Kier molecular flexibility index (Phi) is 6.34. The van der Waals surface area contributed by atoms with E-state index in [2.05, 4.69) is 11.8 Å². The molecular weight excluding hydrogens is 336 g/mol. The average molecular weight is 356 g/mol. The predicted molar refractivity (Wildman–Crippen MR) is 96.9 cm³/mol. The standard InChI is InChI=1S/C20H20O6/c1-22-14-7-8-15(18(11-14)24-3)16(21)9-6-13-10-19(25-4)20(26-5)12-17(13)23-2/h7-8,10-12H,1-5H3. The number of ether oxygens (including phenoxy) is 5. The van der Waals surface area contributed by atoms with Gasteiger partial charge in [-0.15, -0.1) is 0 Å². The van der Waals surface area contributed by atoms with Gasteiger partial charge in [0, 0.05) is 18.2 Å². The Morgan fingerprint density at radius 1 is 0.731 bits per heavy atom. The maximum absolute atomic E-state index is 12.5. The number of hydrogen-bond donors (Lipinski definition) is 0. The van der Waals surface area contributed by atoms with Gasteiger partial charge in [0.2, 0.25) is 5.78 Å². The first-order chi connectivity index (χ1) is 12.6. The zero-order chi connectivity index (χ0) is 19.1. The van der Waals surface area contributed by atoms with Crippen molar-refractivity contribution in [3.8, 4) is 40.6 Å². The van der Waals surface area contributed by atoms with Crippen LogP contribution >= 0.6 is 0 Å². The van der Waals surface area contributed by atoms with Crippen LogP contribution in [0.5, 0.6) is 28.7 Å². The van der Waals surface area contributed by atoms with Gasteiger partial charge in [0.05, 0.1) is 46.7 Å². The summed E-state index contributed by atoms with van der Waals surface area (Å²) in [6, 6.07) is 8.23. The molecule has 0 saturated heterocycles. The van der Waals surface area contributed by atoms with Crippen LogP contribution in [-0.2, 0) is 0 Å². The predicted octanol–water partition coefficient (Wildman–Crippen LogP) is 2.96. The molecule has 0 aliphatic carbocycles. The van der Waals surface area contributed by atoms with Crippen molar-refractivity contribution in [1.29, 1.82) is 0 Å². The Morgan fingerprint density at radius 3 is 1.92 bits per heavy atom. The van der Waals surface area contributed by atoms with Crippen molar-refractivity contribution in [3.05, 3.63) is 41.5 Å². The highest BCUT2D eigenvalue weighted by atomic mass is 16.5. The van der Waals surface area contributed by atoms with Crippen LogP contribution in [0.15, 0.2) is 30.3 Å². The van der Waals surface area contributed by atoms with E-state index in [1.54, 1.807) is 37.4 Å². The summed E-state index contributed by atoms with van der Waals surface area (Å²) in [5.41, 5.74) is 0.853. The van der Waals surface area contributed by atoms with Crippen LogP contribution in [0.1, 0.15) is 15.9 Å². The molecule has 2 aromatic rings. The third kappa shape index (κ3) is 4.01. The van der Waals surface area contributed by atoms with Gasteiger partial charge in [-0.2, -0.15) is 0 Å². The normalized spacial score (nSPS) is 9.58. The van der Waals surface area contributed by atoms with E-state index in [0.717, 1.165) is 0 Å². The number of benzene rings is 2. The van der Waals surface area contributed by atoms with Gasteiger partial charge in [0.15, 0.2) is 11.5 Å². The third-order valence-electron chi connectivity index (χ3n) is 3.67. The van der Waals surface area contributed by atoms with Gasteiger partial charge in [0.1, 0.15) is 17.2 Å². The highest BCUT2D eigenvalue weighted by molar-refractivity contribution is 6.11. The maximum atomic E-state index is 12.5. The number of ketones is 1. The third-order valence-corrected chi connectivity index (χ3v) is 3.67. The minimum Gasteiger partial charge on any atom is -0.497 e. The molecule has 0 aliphatic rings. The molecule has 2 aromatic carbocycles. The fourth-order valence-corrected chi connectivity index (χ4v) is 2.30. The number of carbonyl (C=O) groups excluding carboxylic acids is 1. The van der Waals surface area contributed by atoms with Gasteiger partial charge in [0.25, 0.3) is 0 Å². The number of Topliss-reactive ketones (excluding diaryl/α,β-unsaturated/α-hetero) is 1. The molecule has 26 heavy (non-hydrogen) atoms. The lowest BCUT2D eigenvalue weighted by Gasteiger charge is -2.11. The van der Waals surface area contributed by atoms with E-state index < -0.39 is 0 Å². The number of methoxy groups -OCH3 is 5. The summed E-state index contributed by atoms with van der Waals surface area (Å²) >= 11 is 0. The lowest BCUT2D eigenvalue weighted by Crippen LogP contribution is -2.00. The van der Waals surface area contributed by atoms with Crippen molar-refractivity contribution in [1.82, 2.24) is 0 Å². The first-order valence-electron chi connectivity index (χ1n) is 7.66. The van der Waals surface area contributed by atoms with Crippen LogP contribution in [0.25, 0.3) is 0 Å². The second kappa shape index (κ2) is 8.67. The van der Waals surface area contributed by atoms with Crippen molar-refractivity contribution in [3.63, 3.8) is 0 Å². The minimum absolute atomic E-state index is 0.347. The SMILES string of the molecule is COc1ccc(C(=O)C#Cc2cc(OC)c(OC)cc2OC)c(OC)c1. The summed E-state index contributed by atoms with van der Waals surface area (Å²) < 4.78 is 26.2. The van der Waals surface area contributed by atoms with E-state index in [-0.39, 0.29) is 5.78 Å². The smallest absolute Gasteiger partial charge is 0.239 e. The molecule has 136 valence electrons. The molecule has 0 heterocycles. The molecule has 0 aliphatic heterocycles. The molecule has 6 nitrogen and oxygen atoms in total. The van der Waals surface area contributed by atoms with Crippen LogP contribution in [0.3, 0.4) is 0 Å². The second-order valence-corrected chi connectivity index (χ2v) is 5.05. The van der Waals surface area contributed by atoms with Crippen molar-refractivity contribution in [2.24, 2.45) is 0 Å².